The highest BCUT2D eigenvalue weighted by molar-refractivity contribution is 7.12. The lowest BCUT2D eigenvalue weighted by molar-refractivity contribution is 0.102. The number of hydrogen-bond acceptors (Lipinski definition) is 5. The molecule has 0 saturated carbocycles. The Kier molecular flexibility index (Phi) is 6.48. The standard InChI is InChI=1S/C22H19ClFN5O2S/c23-14-4-6-18(26-12-14)28-22(31)19-17(7-10-32-19)27-21(30)15-5-3-13(11-16(15)24)20(25)29-8-1-2-9-29/h3-7,10-12,25H,1-2,8-9H2,(H,27,30)(H,26,28,31). The lowest BCUT2D eigenvalue weighted by Crippen LogP contribution is -2.28. The summed E-state index contributed by atoms with van der Waals surface area (Å²) in [6, 6.07) is 8.84. The van der Waals surface area contributed by atoms with Gasteiger partial charge in [-0.25, -0.2) is 9.37 Å². The molecule has 0 radical (unpaired) electrons. The SMILES string of the molecule is N=C(c1ccc(C(=O)Nc2ccsc2C(=O)Nc2ccc(Cl)cn2)c(F)c1)N1CCCC1. The third kappa shape index (κ3) is 4.79. The normalized spacial score (nSPS) is 13.1. The number of pyridine rings is 1. The number of amidine groups is 1. The van der Waals surface area contributed by atoms with Crippen molar-refractivity contribution in [3.05, 3.63) is 74.8 Å². The molecular formula is C22H19ClFN5O2S. The molecule has 1 aliphatic rings. The largest absolute Gasteiger partial charge is 0.357 e. The summed E-state index contributed by atoms with van der Waals surface area (Å²) in [6.07, 6.45) is 3.43. The quantitative estimate of drug-likeness (QED) is 0.365. The summed E-state index contributed by atoms with van der Waals surface area (Å²) in [4.78, 5) is 31.4. The van der Waals surface area contributed by atoms with Crippen LogP contribution in [0.1, 0.15) is 38.4 Å². The first-order chi connectivity index (χ1) is 15.4. The highest BCUT2D eigenvalue weighted by Gasteiger charge is 2.21. The van der Waals surface area contributed by atoms with Gasteiger partial charge >= 0.3 is 0 Å². The molecule has 3 N–H and O–H groups in total. The Morgan fingerprint density at radius 3 is 2.56 bits per heavy atom. The molecule has 32 heavy (non-hydrogen) atoms. The number of carbonyl (C=O) groups excluding carboxylic acids is 2. The van der Waals surface area contributed by atoms with Gasteiger partial charge in [0, 0.05) is 24.8 Å². The zero-order valence-corrected chi connectivity index (χ0v) is 18.4. The summed E-state index contributed by atoms with van der Waals surface area (Å²) in [5.74, 6) is -1.30. The number of thiophene rings is 1. The Hall–Kier alpha value is -3.30. The lowest BCUT2D eigenvalue weighted by atomic mass is 10.1. The summed E-state index contributed by atoms with van der Waals surface area (Å²) in [7, 11) is 0. The van der Waals surface area contributed by atoms with E-state index < -0.39 is 17.6 Å². The van der Waals surface area contributed by atoms with Gasteiger partial charge in [0.2, 0.25) is 0 Å². The fraction of sp³-hybridized carbons (Fsp3) is 0.182. The van der Waals surface area contributed by atoms with Gasteiger partial charge in [-0.05, 0) is 48.6 Å². The molecule has 2 aromatic heterocycles. The third-order valence-corrected chi connectivity index (χ3v) is 6.13. The molecule has 1 fully saturated rings. The molecule has 4 rings (SSSR count). The van der Waals surface area contributed by atoms with Crippen LogP contribution in [0.5, 0.6) is 0 Å². The molecule has 1 aliphatic heterocycles. The van der Waals surface area contributed by atoms with E-state index in [0.29, 0.717) is 16.4 Å². The minimum absolute atomic E-state index is 0.167. The molecule has 1 saturated heterocycles. The predicted molar refractivity (Wildman–Crippen MR) is 124 cm³/mol. The first-order valence-electron chi connectivity index (χ1n) is 9.87. The average molecular weight is 472 g/mol. The summed E-state index contributed by atoms with van der Waals surface area (Å²) >= 11 is 6.93. The second-order valence-corrected chi connectivity index (χ2v) is 8.52. The van der Waals surface area contributed by atoms with Crippen molar-refractivity contribution in [3.8, 4) is 0 Å². The first-order valence-corrected chi connectivity index (χ1v) is 11.1. The van der Waals surface area contributed by atoms with E-state index in [1.807, 2.05) is 4.90 Å². The molecule has 1 aromatic carbocycles. The van der Waals surface area contributed by atoms with Crippen LogP contribution >= 0.6 is 22.9 Å². The number of benzene rings is 1. The predicted octanol–water partition coefficient (Wildman–Crippen LogP) is 4.86. The van der Waals surface area contributed by atoms with Crippen molar-refractivity contribution in [3.63, 3.8) is 0 Å². The zero-order chi connectivity index (χ0) is 22.7. The Morgan fingerprint density at radius 1 is 1.09 bits per heavy atom. The second-order valence-electron chi connectivity index (χ2n) is 7.17. The third-order valence-electron chi connectivity index (χ3n) is 5.00. The number of carbonyl (C=O) groups is 2. The van der Waals surface area contributed by atoms with Gasteiger partial charge in [-0.15, -0.1) is 11.3 Å². The number of likely N-dealkylation sites (tertiary alicyclic amines) is 1. The summed E-state index contributed by atoms with van der Waals surface area (Å²) in [6.45, 7) is 1.55. The Morgan fingerprint density at radius 2 is 1.88 bits per heavy atom. The van der Waals surface area contributed by atoms with Gasteiger partial charge in [0.25, 0.3) is 11.8 Å². The molecule has 0 aliphatic carbocycles. The van der Waals surface area contributed by atoms with Gasteiger partial charge in [-0.3, -0.25) is 15.0 Å². The Bertz CT molecular complexity index is 1180. The number of nitrogens with one attached hydrogen (secondary N) is 3. The average Bonchev–Trinajstić information content (AvgIpc) is 3.47. The molecule has 0 atom stereocenters. The van der Waals surface area contributed by atoms with E-state index in [0.717, 1.165) is 37.3 Å². The number of anilines is 2. The molecule has 164 valence electrons. The molecule has 2 amide bonds. The topological polar surface area (TPSA) is 98.2 Å². The number of rotatable bonds is 5. The van der Waals surface area contributed by atoms with E-state index >= 15 is 0 Å². The van der Waals surface area contributed by atoms with Crippen LogP contribution in [-0.4, -0.2) is 40.6 Å². The Labute approximate surface area is 192 Å². The number of nitrogens with zero attached hydrogens (tertiary/aromatic N) is 2. The molecule has 0 unspecified atom stereocenters. The highest BCUT2D eigenvalue weighted by atomic mass is 35.5. The maximum absolute atomic E-state index is 14.7. The second kappa shape index (κ2) is 9.46. The van der Waals surface area contributed by atoms with E-state index in [1.165, 1.54) is 18.3 Å². The van der Waals surface area contributed by atoms with Crippen molar-refractivity contribution in [2.75, 3.05) is 23.7 Å². The highest BCUT2D eigenvalue weighted by Crippen LogP contribution is 2.25. The number of halogens is 2. The van der Waals surface area contributed by atoms with E-state index in [9.17, 15) is 14.0 Å². The molecule has 10 heteroatoms. The molecule has 3 aromatic rings. The number of aromatic nitrogens is 1. The fourth-order valence-electron chi connectivity index (χ4n) is 3.37. The Balaban J connectivity index is 1.46. The van der Waals surface area contributed by atoms with E-state index in [4.69, 9.17) is 17.0 Å². The van der Waals surface area contributed by atoms with Crippen LogP contribution in [0, 0.1) is 11.2 Å². The lowest BCUT2D eigenvalue weighted by Gasteiger charge is -2.18. The monoisotopic (exact) mass is 471 g/mol. The van der Waals surface area contributed by atoms with Crippen LogP contribution in [0.3, 0.4) is 0 Å². The summed E-state index contributed by atoms with van der Waals surface area (Å²) in [5.41, 5.74) is 0.520. The van der Waals surface area contributed by atoms with Crippen molar-refractivity contribution in [2.24, 2.45) is 0 Å². The molecule has 0 bridgehead atoms. The molecule has 0 spiro atoms. The van der Waals surface area contributed by atoms with E-state index in [1.54, 1.807) is 29.6 Å². The van der Waals surface area contributed by atoms with Gasteiger partial charge < -0.3 is 15.5 Å². The van der Waals surface area contributed by atoms with Gasteiger partial charge in [-0.1, -0.05) is 17.7 Å². The van der Waals surface area contributed by atoms with Crippen molar-refractivity contribution < 1.29 is 14.0 Å². The minimum atomic E-state index is -0.726. The molecule has 3 heterocycles. The van der Waals surface area contributed by atoms with Gasteiger partial charge in [-0.2, -0.15) is 0 Å². The van der Waals surface area contributed by atoms with Crippen molar-refractivity contribution in [1.82, 2.24) is 9.88 Å². The van der Waals surface area contributed by atoms with Gasteiger partial charge in [0.1, 0.15) is 22.3 Å². The van der Waals surface area contributed by atoms with E-state index in [-0.39, 0.29) is 22.0 Å². The van der Waals surface area contributed by atoms with Crippen LogP contribution < -0.4 is 10.6 Å². The van der Waals surface area contributed by atoms with Crippen LogP contribution in [0.25, 0.3) is 0 Å². The van der Waals surface area contributed by atoms with Crippen LogP contribution in [0.4, 0.5) is 15.9 Å². The van der Waals surface area contributed by atoms with Crippen LogP contribution in [0.15, 0.2) is 48.0 Å². The van der Waals surface area contributed by atoms with Crippen LogP contribution in [0.2, 0.25) is 5.02 Å². The first kappa shape index (κ1) is 21.9. The molecule has 7 nitrogen and oxygen atoms in total. The number of hydrogen-bond donors (Lipinski definition) is 3. The van der Waals surface area contributed by atoms with Gasteiger partial charge in [0.05, 0.1) is 16.3 Å². The van der Waals surface area contributed by atoms with Gasteiger partial charge in [0.15, 0.2) is 0 Å². The van der Waals surface area contributed by atoms with Crippen molar-refractivity contribution in [2.45, 2.75) is 12.8 Å². The zero-order valence-electron chi connectivity index (χ0n) is 16.8. The van der Waals surface area contributed by atoms with Crippen molar-refractivity contribution >= 4 is 52.1 Å². The minimum Gasteiger partial charge on any atom is -0.357 e. The van der Waals surface area contributed by atoms with Crippen LogP contribution in [-0.2, 0) is 0 Å². The van der Waals surface area contributed by atoms with Crippen molar-refractivity contribution in [1.29, 1.82) is 5.41 Å². The van der Waals surface area contributed by atoms with E-state index in [2.05, 4.69) is 15.6 Å². The smallest absolute Gasteiger partial charge is 0.269 e. The molecular weight excluding hydrogens is 453 g/mol. The number of amides is 2. The maximum atomic E-state index is 14.7. The summed E-state index contributed by atoms with van der Waals surface area (Å²) in [5, 5.41) is 15.6. The fourth-order valence-corrected chi connectivity index (χ4v) is 4.22. The maximum Gasteiger partial charge on any atom is 0.269 e. The summed E-state index contributed by atoms with van der Waals surface area (Å²) < 4.78 is 14.7.